The average molecular weight is 389 g/mol. The smallest absolute Gasteiger partial charge is 0.416 e. The molecular formula is C21H18F3NO3. The second kappa shape index (κ2) is 8.29. The molecule has 0 amide bonds. The second-order valence-corrected chi connectivity index (χ2v) is 6.15. The van der Waals surface area contributed by atoms with Crippen LogP contribution in [0, 0.1) is 0 Å². The predicted octanol–water partition coefficient (Wildman–Crippen LogP) is 5.23. The molecule has 0 saturated heterocycles. The van der Waals surface area contributed by atoms with Gasteiger partial charge in [0.25, 0.3) is 0 Å². The summed E-state index contributed by atoms with van der Waals surface area (Å²) in [5.41, 5.74) is -0.641. The number of hydrogen-bond donors (Lipinski definition) is 0. The lowest BCUT2D eigenvalue weighted by atomic mass is 10.1. The number of unbranched alkanes of at least 4 members (excludes halogenated alkanes) is 1. The van der Waals surface area contributed by atoms with Gasteiger partial charge in [0.2, 0.25) is 5.90 Å². The van der Waals surface area contributed by atoms with Crippen LogP contribution in [0.15, 0.2) is 59.2 Å². The number of halogens is 3. The lowest BCUT2D eigenvalue weighted by Gasteiger charge is -2.09. The average Bonchev–Trinajstić information content (AvgIpc) is 3.03. The number of cyclic esters (lactones) is 1. The summed E-state index contributed by atoms with van der Waals surface area (Å²) >= 11 is 0. The Balaban J connectivity index is 1.83. The van der Waals surface area contributed by atoms with Crippen LogP contribution in [-0.4, -0.2) is 18.5 Å². The largest absolute Gasteiger partial charge is 0.494 e. The van der Waals surface area contributed by atoms with E-state index in [-0.39, 0.29) is 17.2 Å². The first kappa shape index (κ1) is 19.7. The molecule has 0 aliphatic carbocycles. The molecule has 0 N–H and O–H groups in total. The molecular weight excluding hydrogens is 371 g/mol. The van der Waals surface area contributed by atoms with Crippen LogP contribution in [0.5, 0.6) is 5.75 Å². The highest BCUT2D eigenvalue weighted by Crippen LogP contribution is 2.33. The van der Waals surface area contributed by atoms with Gasteiger partial charge in [0.05, 0.1) is 12.2 Å². The van der Waals surface area contributed by atoms with E-state index < -0.39 is 17.7 Å². The Morgan fingerprint density at radius 2 is 1.82 bits per heavy atom. The van der Waals surface area contributed by atoms with Crippen molar-refractivity contribution in [1.29, 1.82) is 0 Å². The van der Waals surface area contributed by atoms with Crippen molar-refractivity contribution in [2.24, 2.45) is 4.99 Å². The Morgan fingerprint density at radius 3 is 2.50 bits per heavy atom. The van der Waals surface area contributed by atoms with Crippen LogP contribution < -0.4 is 4.74 Å². The van der Waals surface area contributed by atoms with E-state index in [1.54, 1.807) is 24.3 Å². The van der Waals surface area contributed by atoms with E-state index in [9.17, 15) is 18.0 Å². The van der Waals surface area contributed by atoms with Crippen LogP contribution in [-0.2, 0) is 15.7 Å². The van der Waals surface area contributed by atoms with Gasteiger partial charge in [-0.1, -0.05) is 31.5 Å². The molecule has 146 valence electrons. The zero-order chi connectivity index (χ0) is 20.1. The molecule has 0 unspecified atom stereocenters. The minimum atomic E-state index is -4.53. The number of ether oxygens (including phenoxy) is 2. The van der Waals surface area contributed by atoms with Crippen molar-refractivity contribution in [2.45, 2.75) is 25.9 Å². The minimum absolute atomic E-state index is 0.0425. The first-order valence-electron chi connectivity index (χ1n) is 8.80. The fraction of sp³-hybridized carbons (Fsp3) is 0.238. The summed E-state index contributed by atoms with van der Waals surface area (Å²) in [6, 6.07) is 11.8. The summed E-state index contributed by atoms with van der Waals surface area (Å²) < 4.78 is 50.0. The number of esters is 1. The number of hydrogen-bond acceptors (Lipinski definition) is 4. The summed E-state index contributed by atoms with van der Waals surface area (Å²) in [5.74, 6) is -0.0758. The Hall–Kier alpha value is -3.09. The molecule has 0 fully saturated rings. The van der Waals surface area contributed by atoms with Gasteiger partial charge >= 0.3 is 12.1 Å². The maximum Gasteiger partial charge on any atom is 0.416 e. The van der Waals surface area contributed by atoms with Gasteiger partial charge in [-0.15, -0.1) is 0 Å². The number of alkyl halides is 3. The molecule has 28 heavy (non-hydrogen) atoms. The number of aliphatic imine (C=N–C) groups is 1. The third kappa shape index (κ3) is 4.60. The number of nitrogens with zero attached hydrogens (tertiary/aromatic N) is 1. The molecule has 0 atom stereocenters. The van der Waals surface area contributed by atoms with Crippen LogP contribution in [0.25, 0.3) is 6.08 Å². The van der Waals surface area contributed by atoms with E-state index >= 15 is 0 Å². The first-order valence-corrected chi connectivity index (χ1v) is 8.80. The molecule has 3 rings (SSSR count). The van der Waals surface area contributed by atoms with Crippen LogP contribution in [0.3, 0.4) is 0 Å². The lowest BCUT2D eigenvalue weighted by Crippen LogP contribution is -2.08. The monoisotopic (exact) mass is 389 g/mol. The maximum absolute atomic E-state index is 13.1. The van der Waals surface area contributed by atoms with Gasteiger partial charge < -0.3 is 9.47 Å². The Bertz CT molecular complexity index is 915. The summed E-state index contributed by atoms with van der Waals surface area (Å²) in [7, 11) is 0. The molecule has 2 aromatic carbocycles. The quantitative estimate of drug-likeness (QED) is 0.386. The first-order chi connectivity index (χ1) is 13.4. The van der Waals surface area contributed by atoms with E-state index in [2.05, 4.69) is 11.9 Å². The SMILES string of the molecule is CCCCOc1ccc(C2=NC(=Cc3ccccc3C(F)(F)F)C(=O)O2)cc1. The van der Waals surface area contributed by atoms with Crippen LogP contribution in [0.4, 0.5) is 13.2 Å². The molecule has 0 bridgehead atoms. The topological polar surface area (TPSA) is 47.9 Å². The summed E-state index contributed by atoms with van der Waals surface area (Å²) in [5, 5.41) is 0. The van der Waals surface area contributed by atoms with E-state index in [0.717, 1.165) is 25.0 Å². The Labute approximate surface area is 160 Å². The molecule has 2 aromatic rings. The molecule has 0 saturated carbocycles. The van der Waals surface area contributed by atoms with Crippen molar-refractivity contribution in [3.05, 3.63) is 70.9 Å². The summed E-state index contributed by atoms with van der Waals surface area (Å²) in [4.78, 5) is 16.1. The number of benzene rings is 2. The van der Waals surface area contributed by atoms with Crippen molar-refractivity contribution >= 4 is 17.9 Å². The van der Waals surface area contributed by atoms with Gasteiger partial charge in [0.15, 0.2) is 5.70 Å². The fourth-order valence-electron chi connectivity index (χ4n) is 2.59. The van der Waals surface area contributed by atoms with E-state index in [0.29, 0.717) is 17.9 Å². The molecule has 1 aliphatic heterocycles. The van der Waals surface area contributed by atoms with Gasteiger partial charge in [-0.25, -0.2) is 9.79 Å². The molecule has 0 spiro atoms. The molecule has 4 nitrogen and oxygen atoms in total. The van der Waals surface area contributed by atoms with Gasteiger partial charge in [-0.2, -0.15) is 13.2 Å². The third-order valence-electron chi connectivity index (χ3n) is 4.05. The second-order valence-electron chi connectivity index (χ2n) is 6.15. The van der Waals surface area contributed by atoms with Crippen molar-refractivity contribution in [1.82, 2.24) is 0 Å². The predicted molar refractivity (Wildman–Crippen MR) is 98.9 cm³/mol. The van der Waals surface area contributed by atoms with Crippen LogP contribution >= 0.6 is 0 Å². The van der Waals surface area contributed by atoms with E-state index in [4.69, 9.17) is 9.47 Å². The van der Waals surface area contributed by atoms with Gasteiger partial charge in [-0.3, -0.25) is 0 Å². The minimum Gasteiger partial charge on any atom is -0.494 e. The van der Waals surface area contributed by atoms with Gasteiger partial charge in [0, 0.05) is 5.56 Å². The lowest BCUT2D eigenvalue weighted by molar-refractivity contribution is -0.137. The Morgan fingerprint density at radius 1 is 1.11 bits per heavy atom. The van der Waals surface area contributed by atoms with Crippen LogP contribution in [0.1, 0.15) is 36.5 Å². The highest BCUT2D eigenvalue weighted by molar-refractivity contribution is 6.12. The molecule has 1 aliphatic rings. The molecule has 0 radical (unpaired) electrons. The summed E-state index contributed by atoms with van der Waals surface area (Å²) in [6.45, 7) is 2.68. The zero-order valence-corrected chi connectivity index (χ0v) is 15.1. The highest BCUT2D eigenvalue weighted by Gasteiger charge is 2.33. The molecule has 0 aromatic heterocycles. The third-order valence-corrected chi connectivity index (χ3v) is 4.05. The number of carbonyl (C=O) groups excluding carboxylic acids is 1. The van der Waals surface area contributed by atoms with Crippen molar-refractivity contribution in [2.75, 3.05) is 6.61 Å². The highest BCUT2D eigenvalue weighted by atomic mass is 19.4. The standard InChI is InChI=1S/C21H18F3NO3/c1-2-3-12-27-16-10-8-14(9-11-16)19-25-18(20(26)28-19)13-15-6-4-5-7-17(15)21(22,23)24/h4-11,13H,2-3,12H2,1H3. The van der Waals surface area contributed by atoms with Crippen molar-refractivity contribution in [3.63, 3.8) is 0 Å². The van der Waals surface area contributed by atoms with Gasteiger partial charge in [0.1, 0.15) is 5.75 Å². The van der Waals surface area contributed by atoms with E-state index in [1.165, 1.54) is 18.2 Å². The molecule has 7 heteroatoms. The maximum atomic E-state index is 13.1. The Kier molecular flexibility index (Phi) is 5.82. The van der Waals surface area contributed by atoms with Gasteiger partial charge in [-0.05, 0) is 48.4 Å². The number of carbonyl (C=O) groups is 1. The molecule has 1 heterocycles. The van der Waals surface area contributed by atoms with Crippen molar-refractivity contribution < 1.29 is 27.4 Å². The van der Waals surface area contributed by atoms with Crippen molar-refractivity contribution in [3.8, 4) is 5.75 Å². The van der Waals surface area contributed by atoms with Crippen LogP contribution in [0.2, 0.25) is 0 Å². The number of rotatable bonds is 6. The van der Waals surface area contributed by atoms with E-state index in [1.807, 2.05) is 0 Å². The normalized spacial score (nSPS) is 15.5. The zero-order valence-electron chi connectivity index (χ0n) is 15.1. The fourth-order valence-corrected chi connectivity index (χ4v) is 2.59. The summed E-state index contributed by atoms with van der Waals surface area (Å²) in [6.07, 6.45) is -1.48.